The number of nitrogens with zero attached hydrogens (tertiary/aromatic N) is 3. The van der Waals surface area contributed by atoms with Crippen molar-refractivity contribution in [2.75, 3.05) is 50.0 Å². The normalized spacial score (nSPS) is 15.4. The number of rotatable bonds is 6. The van der Waals surface area contributed by atoms with Crippen LogP contribution in [-0.4, -0.2) is 64.1 Å². The molecule has 1 aliphatic heterocycles. The summed E-state index contributed by atoms with van der Waals surface area (Å²) < 4.78 is 26.5. The van der Waals surface area contributed by atoms with Crippen molar-refractivity contribution < 1.29 is 18.1 Å². The predicted octanol–water partition coefficient (Wildman–Crippen LogP) is -0.963. The molecule has 3 N–H and O–H groups in total. The van der Waals surface area contributed by atoms with Crippen LogP contribution in [0, 0.1) is 6.92 Å². The second-order valence-corrected chi connectivity index (χ2v) is 8.55. The summed E-state index contributed by atoms with van der Waals surface area (Å²) in [6.07, 6.45) is 3.44. The topological polar surface area (TPSA) is 109 Å². The molecule has 10 heteroatoms. The van der Waals surface area contributed by atoms with Gasteiger partial charge in [0, 0.05) is 18.1 Å². The number of amides is 1. The van der Waals surface area contributed by atoms with Gasteiger partial charge in [-0.1, -0.05) is 6.07 Å². The van der Waals surface area contributed by atoms with Crippen LogP contribution in [-0.2, 0) is 14.8 Å². The average molecular weight is 406 g/mol. The van der Waals surface area contributed by atoms with Crippen LogP contribution in [0.25, 0.3) is 0 Å². The molecule has 9 nitrogen and oxygen atoms in total. The van der Waals surface area contributed by atoms with Crippen LogP contribution in [0.5, 0.6) is 0 Å². The summed E-state index contributed by atoms with van der Waals surface area (Å²) in [7, 11) is -2.21. The quantitative estimate of drug-likeness (QED) is 0.571. The van der Waals surface area contributed by atoms with Gasteiger partial charge in [0.25, 0.3) is 5.91 Å². The van der Waals surface area contributed by atoms with E-state index in [-0.39, 0.29) is 10.8 Å². The number of anilines is 2. The first kappa shape index (κ1) is 20.2. The van der Waals surface area contributed by atoms with Crippen molar-refractivity contribution in [3.63, 3.8) is 0 Å². The maximum Gasteiger partial charge on any atom is 0.279 e. The van der Waals surface area contributed by atoms with Gasteiger partial charge in [-0.2, -0.15) is 0 Å². The summed E-state index contributed by atoms with van der Waals surface area (Å²) in [6, 6.07) is 6.67. The van der Waals surface area contributed by atoms with Crippen molar-refractivity contribution >= 4 is 27.6 Å². The van der Waals surface area contributed by atoms with Crippen molar-refractivity contribution in [2.24, 2.45) is 0 Å². The first-order chi connectivity index (χ1) is 13.4. The van der Waals surface area contributed by atoms with Crippen LogP contribution in [0.3, 0.4) is 0 Å². The first-order valence-corrected chi connectivity index (χ1v) is 10.6. The largest absolute Gasteiger partial charge is 0.330 e. The number of hydrogen-bond donors (Lipinski definition) is 3. The van der Waals surface area contributed by atoms with Crippen molar-refractivity contribution in [1.82, 2.24) is 14.7 Å². The number of hydrogen-bond acceptors (Lipinski definition) is 6. The van der Waals surface area contributed by atoms with Gasteiger partial charge in [-0.3, -0.25) is 4.79 Å². The molecule has 1 aliphatic rings. The minimum Gasteiger partial charge on any atom is -0.330 e. The Morgan fingerprint density at radius 3 is 2.54 bits per heavy atom. The lowest BCUT2D eigenvalue weighted by Gasteiger charge is -2.31. The molecule has 1 saturated heterocycles. The Morgan fingerprint density at radius 2 is 1.89 bits per heavy atom. The van der Waals surface area contributed by atoms with Crippen LogP contribution in [0.15, 0.2) is 41.6 Å². The average Bonchev–Trinajstić information content (AvgIpc) is 2.70. The van der Waals surface area contributed by atoms with E-state index in [0.717, 1.165) is 26.2 Å². The molecule has 0 aliphatic carbocycles. The number of aromatic nitrogens is 2. The van der Waals surface area contributed by atoms with E-state index < -0.39 is 10.0 Å². The van der Waals surface area contributed by atoms with Gasteiger partial charge in [-0.25, -0.2) is 23.1 Å². The van der Waals surface area contributed by atoms with Gasteiger partial charge in [0.1, 0.15) is 0 Å². The highest BCUT2D eigenvalue weighted by atomic mass is 32.2. The van der Waals surface area contributed by atoms with Gasteiger partial charge in [0.05, 0.1) is 31.1 Å². The van der Waals surface area contributed by atoms with Crippen LogP contribution in [0.1, 0.15) is 5.56 Å². The number of quaternary nitrogens is 1. The van der Waals surface area contributed by atoms with E-state index in [1.54, 1.807) is 37.5 Å². The summed E-state index contributed by atoms with van der Waals surface area (Å²) in [5, 5.41) is 2.81. The molecule has 1 aromatic carbocycles. The van der Waals surface area contributed by atoms with Gasteiger partial charge >= 0.3 is 0 Å². The molecule has 3 rings (SSSR count). The van der Waals surface area contributed by atoms with Crippen LogP contribution in [0.4, 0.5) is 11.6 Å². The summed E-state index contributed by atoms with van der Waals surface area (Å²) in [4.78, 5) is 24.4. The summed E-state index contributed by atoms with van der Waals surface area (Å²) >= 11 is 0. The van der Waals surface area contributed by atoms with Gasteiger partial charge < -0.3 is 15.1 Å². The van der Waals surface area contributed by atoms with Crippen LogP contribution >= 0.6 is 0 Å². The molecule has 1 amide bonds. The molecule has 2 heterocycles. The summed E-state index contributed by atoms with van der Waals surface area (Å²) in [6.45, 7) is 5.21. The van der Waals surface area contributed by atoms with E-state index >= 15 is 0 Å². The SMILES string of the molecule is CNS(=O)(=O)c1cc(NC(=O)C[NH+]2CCN(c3ncccn3)CC2)ccc1C. The highest BCUT2D eigenvalue weighted by molar-refractivity contribution is 7.89. The number of nitrogens with one attached hydrogen (secondary N) is 3. The first-order valence-electron chi connectivity index (χ1n) is 9.08. The molecule has 0 unspecified atom stereocenters. The Balaban J connectivity index is 1.56. The third-order valence-corrected chi connectivity index (χ3v) is 6.30. The molecule has 2 aromatic rings. The highest BCUT2D eigenvalue weighted by Crippen LogP contribution is 2.19. The minimum atomic E-state index is -3.57. The monoisotopic (exact) mass is 405 g/mol. The zero-order chi connectivity index (χ0) is 20.1. The number of carbonyl (C=O) groups excluding carboxylic acids is 1. The van der Waals surface area contributed by atoms with E-state index in [0.29, 0.717) is 23.7 Å². The Hall–Kier alpha value is -2.56. The smallest absolute Gasteiger partial charge is 0.279 e. The Bertz CT molecular complexity index is 928. The Labute approximate surface area is 164 Å². The van der Waals surface area contributed by atoms with Crippen LogP contribution in [0.2, 0.25) is 0 Å². The molecular weight excluding hydrogens is 380 g/mol. The fourth-order valence-electron chi connectivity index (χ4n) is 3.16. The lowest BCUT2D eigenvalue weighted by atomic mass is 10.2. The molecular formula is C18H25N6O3S+. The van der Waals surface area contributed by atoms with Crippen molar-refractivity contribution in [1.29, 1.82) is 0 Å². The fourth-order valence-corrected chi connectivity index (χ4v) is 4.16. The standard InChI is InChI=1S/C18H24N6O3S/c1-14-4-5-15(12-16(14)28(26,27)19-2)22-17(25)13-23-8-10-24(11-9-23)18-20-6-3-7-21-18/h3-7,12,19H,8-11,13H2,1-2H3,(H,22,25)/p+1. The minimum absolute atomic E-state index is 0.143. The highest BCUT2D eigenvalue weighted by Gasteiger charge is 2.24. The molecule has 0 bridgehead atoms. The molecule has 0 saturated carbocycles. The molecule has 0 radical (unpaired) electrons. The third-order valence-electron chi connectivity index (χ3n) is 4.75. The van der Waals surface area contributed by atoms with E-state index in [1.165, 1.54) is 18.0 Å². The molecule has 150 valence electrons. The number of piperazine rings is 1. The van der Waals surface area contributed by atoms with Gasteiger partial charge in [0.15, 0.2) is 6.54 Å². The second kappa shape index (κ2) is 8.63. The van der Waals surface area contributed by atoms with E-state index in [1.807, 2.05) is 0 Å². The van der Waals surface area contributed by atoms with Crippen LogP contribution < -0.4 is 19.8 Å². The zero-order valence-electron chi connectivity index (χ0n) is 16.0. The molecule has 1 aromatic heterocycles. The second-order valence-electron chi connectivity index (χ2n) is 6.70. The number of aryl methyl sites for hydroxylation is 1. The lowest BCUT2D eigenvalue weighted by Crippen LogP contribution is -3.15. The summed E-state index contributed by atoms with van der Waals surface area (Å²) in [5.41, 5.74) is 1.09. The van der Waals surface area contributed by atoms with Gasteiger partial charge in [-0.15, -0.1) is 0 Å². The maximum atomic E-state index is 12.4. The molecule has 1 fully saturated rings. The predicted molar refractivity (Wildman–Crippen MR) is 106 cm³/mol. The molecule has 0 spiro atoms. The van der Waals surface area contributed by atoms with E-state index in [2.05, 4.69) is 24.9 Å². The van der Waals surface area contributed by atoms with Crippen molar-refractivity contribution in [2.45, 2.75) is 11.8 Å². The number of benzene rings is 1. The molecule has 0 atom stereocenters. The Morgan fingerprint density at radius 1 is 1.21 bits per heavy atom. The van der Waals surface area contributed by atoms with E-state index in [4.69, 9.17) is 0 Å². The fraction of sp³-hybridized carbons (Fsp3) is 0.389. The lowest BCUT2D eigenvalue weighted by molar-refractivity contribution is -0.892. The number of carbonyl (C=O) groups is 1. The zero-order valence-corrected chi connectivity index (χ0v) is 16.8. The Kier molecular flexibility index (Phi) is 6.22. The summed E-state index contributed by atoms with van der Waals surface area (Å²) in [5.74, 6) is 0.569. The van der Waals surface area contributed by atoms with Gasteiger partial charge in [0.2, 0.25) is 16.0 Å². The van der Waals surface area contributed by atoms with Crippen molar-refractivity contribution in [3.8, 4) is 0 Å². The van der Waals surface area contributed by atoms with E-state index in [9.17, 15) is 13.2 Å². The van der Waals surface area contributed by atoms with Crippen molar-refractivity contribution in [3.05, 3.63) is 42.2 Å². The molecule has 28 heavy (non-hydrogen) atoms. The van der Waals surface area contributed by atoms with Gasteiger partial charge in [-0.05, 0) is 37.7 Å². The maximum absolute atomic E-state index is 12.4. The number of sulfonamides is 1. The third kappa shape index (κ3) is 4.83.